The van der Waals surface area contributed by atoms with Crippen LogP contribution in [0.15, 0.2) is 53.5 Å². The van der Waals surface area contributed by atoms with Crippen LogP contribution in [0, 0.1) is 0 Å². The number of hydrogen-bond donors (Lipinski definition) is 2. The summed E-state index contributed by atoms with van der Waals surface area (Å²) in [5.74, 6) is 0.523. The van der Waals surface area contributed by atoms with Crippen LogP contribution in [0.3, 0.4) is 0 Å². The standard InChI is InChI=1S/C24H23BrN8O3/c1-36-24(35)31-23(34)32-9-6-14(7-10-32)20-19(25)21(26)33-22(30-20)17(13-29-33)15-4-5-18(28-12-15)16-3-2-8-27-11-16/h2-5,8,11-14H,6-7,9-10,26H2,1H3,(H,31,34,35). The molecule has 0 atom stereocenters. The molecule has 5 rings (SSSR count). The molecule has 0 bridgehead atoms. The van der Waals surface area contributed by atoms with Gasteiger partial charge in [-0.15, -0.1) is 0 Å². The molecule has 3 N–H and O–H groups in total. The fourth-order valence-corrected chi connectivity index (χ4v) is 4.88. The van der Waals surface area contributed by atoms with E-state index in [0.29, 0.717) is 41.9 Å². The molecule has 1 fully saturated rings. The van der Waals surface area contributed by atoms with Crippen molar-refractivity contribution in [2.75, 3.05) is 25.9 Å². The van der Waals surface area contributed by atoms with Crippen molar-refractivity contribution in [2.24, 2.45) is 0 Å². The predicted molar refractivity (Wildman–Crippen MR) is 136 cm³/mol. The van der Waals surface area contributed by atoms with Crippen LogP contribution in [0.5, 0.6) is 0 Å². The van der Waals surface area contributed by atoms with Gasteiger partial charge in [-0.2, -0.15) is 9.61 Å². The fraction of sp³-hybridized carbons (Fsp3) is 0.250. The number of carbonyl (C=O) groups is 2. The Morgan fingerprint density at radius 1 is 1.14 bits per heavy atom. The number of nitrogens with zero attached hydrogens (tertiary/aromatic N) is 6. The number of alkyl carbamates (subject to hydrolysis) is 1. The maximum absolute atomic E-state index is 12.2. The van der Waals surface area contributed by atoms with Crippen molar-refractivity contribution in [3.8, 4) is 22.4 Å². The van der Waals surface area contributed by atoms with E-state index in [1.54, 1.807) is 34.2 Å². The zero-order valence-corrected chi connectivity index (χ0v) is 21.0. The number of methoxy groups -OCH3 is 1. The fourth-order valence-electron chi connectivity index (χ4n) is 4.30. The number of fused-ring (bicyclic) bond motifs is 1. The molecule has 5 heterocycles. The number of rotatable bonds is 3. The average Bonchev–Trinajstić information content (AvgIpc) is 3.35. The lowest BCUT2D eigenvalue weighted by atomic mass is 9.93. The molecule has 12 heteroatoms. The minimum Gasteiger partial charge on any atom is -0.453 e. The number of likely N-dealkylation sites (tertiary alicyclic amines) is 1. The number of nitrogens with one attached hydrogen (secondary N) is 1. The van der Waals surface area contributed by atoms with Gasteiger partial charge in [-0.25, -0.2) is 19.9 Å². The van der Waals surface area contributed by atoms with Gasteiger partial charge in [0.15, 0.2) is 5.65 Å². The van der Waals surface area contributed by atoms with Gasteiger partial charge in [0.1, 0.15) is 5.82 Å². The maximum Gasteiger partial charge on any atom is 0.415 e. The highest BCUT2D eigenvalue weighted by molar-refractivity contribution is 9.10. The van der Waals surface area contributed by atoms with E-state index in [-0.39, 0.29) is 5.92 Å². The van der Waals surface area contributed by atoms with Crippen molar-refractivity contribution >= 4 is 39.5 Å². The van der Waals surface area contributed by atoms with Crippen molar-refractivity contribution in [3.05, 3.63) is 59.2 Å². The number of pyridine rings is 2. The molecule has 4 aromatic rings. The molecule has 1 saturated heterocycles. The first-order chi connectivity index (χ1) is 17.5. The summed E-state index contributed by atoms with van der Waals surface area (Å²) in [6.45, 7) is 0.942. The van der Waals surface area contributed by atoms with Crippen LogP contribution in [-0.2, 0) is 4.74 Å². The summed E-state index contributed by atoms with van der Waals surface area (Å²) < 4.78 is 6.79. The summed E-state index contributed by atoms with van der Waals surface area (Å²) in [4.78, 5) is 38.9. The molecule has 0 aromatic carbocycles. The van der Waals surface area contributed by atoms with Crippen molar-refractivity contribution in [2.45, 2.75) is 18.8 Å². The molecule has 3 amide bonds. The maximum atomic E-state index is 12.2. The average molecular weight is 551 g/mol. The Hall–Kier alpha value is -4.06. The number of anilines is 1. The van der Waals surface area contributed by atoms with Gasteiger partial charge in [0.25, 0.3) is 0 Å². The third kappa shape index (κ3) is 4.47. The lowest BCUT2D eigenvalue weighted by Gasteiger charge is -2.31. The molecule has 11 nitrogen and oxygen atoms in total. The third-order valence-electron chi connectivity index (χ3n) is 6.24. The van der Waals surface area contributed by atoms with Crippen molar-refractivity contribution in [1.82, 2.24) is 34.8 Å². The molecule has 0 unspecified atom stereocenters. The normalized spacial score (nSPS) is 14.1. The van der Waals surface area contributed by atoms with Gasteiger partial charge in [-0.05, 0) is 47.0 Å². The van der Waals surface area contributed by atoms with Crippen LogP contribution in [0.4, 0.5) is 15.4 Å². The van der Waals surface area contributed by atoms with E-state index in [0.717, 1.165) is 28.1 Å². The van der Waals surface area contributed by atoms with E-state index < -0.39 is 12.1 Å². The summed E-state index contributed by atoms with van der Waals surface area (Å²) in [5.41, 5.74) is 11.3. The van der Waals surface area contributed by atoms with E-state index >= 15 is 0 Å². The molecule has 1 aliphatic heterocycles. The van der Waals surface area contributed by atoms with Crippen LogP contribution in [0.2, 0.25) is 0 Å². The van der Waals surface area contributed by atoms with E-state index in [2.05, 4.69) is 41.1 Å². The molecule has 36 heavy (non-hydrogen) atoms. The Morgan fingerprint density at radius 3 is 2.61 bits per heavy atom. The molecular formula is C24H23BrN8O3. The Balaban J connectivity index is 1.41. The molecular weight excluding hydrogens is 528 g/mol. The monoisotopic (exact) mass is 550 g/mol. The van der Waals surface area contributed by atoms with Gasteiger partial charge in [0, 0.05) is 54.3 Å². The Bertz CT molecular complexity index is 1420. The molecule has 4 aromatic heterocycles. The second-order valence-electron chi connectivity index (χ2n) is 8.35. The summed E-state index contributed by atoms with van der Waals surface area (Å²) in [7, 11) is 1.22. The molecule has 0 saturated carbocycles. The summed E-state index contributed by atoms with van der Waals surface area (Å²) >= 11 is 3.60. The molecule has 0 aliphatic carbocycles. The molecule has 1 aliphatic rings. The molecule has 184 valence electrons. The van der Waals surface area contributed by atoms with Gasteiger partial charge in [0.2, 0.25) is 0 Å². The second kappa shape index (κ2) is 9.90. The number of ether oxygens (including phenoxy) is 1. The van der Waals surface area contributed by atoms with Gasteiger partial charge >= 0.3 is 12.1 Å². The van der Waals surface area contributed by atoms with E-state index in [1.165, 1.54) is 7.11 Å². The Labute approximate surface area is 214 Å². The van der Waals surface area contributed by atoms with Crippen molar-refractivity contribution in [3.63, 3.8) is 0 Å². The summed E-state index contributed by atoms with van der Waals surface area (Å²) in [6.07, 6.45) is 7.58. The lowest BCUT2D eigenvalue weighted by molar-refractivity contribution is 0.156. The SMILES string of the molecule is COC(=O)NC(=O)N1CCC(c2nc3c(-c4ccc(-c5cccnc5)nc4)cnn3c(N)c2Br)CC1. The molecule has 0 radical (unpaired) electrons. The largest absolute Gasteiger partial charge is 0.453 e. The number of piperidine rings is 1. The van der Waals surface area contributed by atoms with Crippen molar-refractivity contribution in [1.29, 1.82) is 0 Å². The first-order valence-electron chi connectivity index (χ1n) is 11.3. The van der Waals surface area contributed by atoms with Gasteiger partial charge < -0.3 is 15.4 Å². The Morgan fingerprint density at radius 2 is 1.94 bits per heavy atom. The zero-order valence-electron chi connectivity index (χ0n) is 19.4. The quantitative estimate of drug-likeness (QED) is 0.391. The van der Waals surface area contributed by atoms with E-state index in [9.17, 15) is 9.59 Å². The zero-order chi connectivity index (χ0) is 25.2. The lowest BCUT2D eigenvalue weighted by Crippen LogP contribution is -2.46. The number of imide groups is 1. The van der Waals surface area contributed by atoms with Crippen LogP contribution < -0.4 is 11.1 Å². The van der Waals surface area contributed by atoms with Crippen molar-refractivity contribution < 1.29 is 14.3 Å². The van der Waals surface area contributed by atoms with E-state index in [1.807, 2.05) is 24.3 Å². The highest BCUT2D eigenvalue weighted by Crippen LogP contribution is 2.37. The number of nitrogen functional groups attached to an aromatic ring is 1. The molecule has 0 spiro atoms. The second-order valence-corrected chi connectivity index (χ2v) is 9.14. The number of carbonyl (C=O) groups excluding carboxylic acids is 2. The summed E-state index contributed by atoms with van der Waals surface area (Å²) in [5, 5.41) is 6.64. The number of hydrogen-bond acceptors (Lipinski definition) is 8. The topological polar surface area (TPSA) is 141 Å². The van der Waals surface area contributed by atoms with Gasteiger partial charge in [-0.1, -0.05) is 6.07 Å². The predicted octanol–water partition coefficient (Wildman–Crippen LogP) is 3.85. The first-order valence-corrected chi connectivity index (χ1v) is 12.1. The van der Waals surface area contributed by atoms with E-state index in [4.69, 9.17) is 10.7 Å². The minimum absolute atomic E-state index is 0.0719. The van der Waals surface area contributed by atoms with Crippen LogP contribution in [0.1, 0.15) is 24.5 Å². The number of halogens is 1. The Kier molecular flexibility index (Phi) is 6.51. The minimum atomic E-state index is -0.777. The van der Waals surface area contributed by atoms with Crippen LogP contribution in [0.25, 0.3) is 28.0 Å². The van der Waals surface area contributed by atoms with Gasteiger partial charge in [-0.3, -0.25) is 9.97 Å². The highest BCUT2D eigenvalue weighted by Gasteiger charge is 2.29. The van der Waals surface area contributed by atoms with Crippen LogP contribution in [-0.4, -0.2) is 61.8 Å². The number of nitrogens with two attached hydrogens (primary N) is 1. The number of aromatic nitrogens is 5. The number of amides is 3. The number of urea groups is 1. The smallest absolute Gasteiger partial charge is 0.415 e. The van der Waals surface area contributed by atoms with Gasteiger partial charge in [0.05, 0.1) is 29.2 Å². The van der Waals surface area contributed by atoms with Crippen LogP contribution >= 0.6 is 15.9 Å². The highest BCUT2D eigenvalue weighted by atomic mass is 79.9. The summed E-state index contributed by atoms with van der Waals surface area (Å²) in [6, 6.07) is 7.28. The third-order valence-corrected chi connectivity index (χ3v) is 7.06. The first kappa shape index (κ1) is 23.7.